The van der Waals surface area contributed by atoms with Crippen LogP contribution >= 0.6 is 0 Å². The van der Waals surface area contributed by atoms with Gasteiger partial charge in [-0.2, -0.15) is 4.99 Å². The first-order chi connectivity index (χ1) is 12.2. The molecule has 3 atom stereocenters. The number of Topliss-reactive ketones (excluding diaryl/α,β-unsaturated/α-hetero) is 1. The van der Waals surface area contributed by atoms with Crippen LogP contribution in [0.5, 0.6) is 0 Å². The van der Waals surface area contributed by atoms with Crippen molar-refractivity contribution in [1.29, 1.82) is 0 Å². The van der Waals surface area contributed by atoms with Gasteiger partial charge in [0, 0.05) is 18.8 Å². The number of rotatable bonds is 6. The standard InChI is InChI=1S/C22H27NO2/c24-20(19-11-15-3-1-2-4-18(15)22(25)23-19)12-16-9-10-17(16)21(13-5-6-13)14-7-8-14/h1-4,13-17,21,25H,5-12H2/p+1. The quantitative estimate of drug-likeness (QED) is 0.782. The van der Waals surface area contributed by atoms with Crippen molar-refractivity contribution in [3.05, 3.63) is 35.8 Å². The highest BCUT2D eigenvalue weighted by Gasteiger charge is 2.50. The van der Waals surface area contributed by atoms with Crippen LogP contribution in [-0.4, -0.2) is 16.6 Å². The number of hydrogen-bond acceptors (Lipinski definition) is 2. The highest BCUT2D eigenvalue weighted by molar-refractivity contribution is 6.37. The first-order valence-corrected chi connectivity index (χ1v) is 10.1. The molecule has 132 valence electrons. The number of aliphatic hydroxyl groups is 1. The van der Waals surface area contributed by atoms with Crippen molar-refractivity contribution in [2.45, 2.75) is 51.4 Å². The molecule has 3 fully saturated rings. The molecule has 0 saturated heterocycles. The SMILES string of the molecule is O=C(CC1CCC1C(C1CC1)C1CC1)C1=[NH+]C(O)=C2C=CC=CC2C1. The highest BCUT2D eigenvalue weighted by Crippen LogP contribution is 2.58. The van der Waals surface area contributed by atoms with Crippen LogP contribution in [0.15, 0.2) is 35.8 Å². The smallest absolute Gasteiger partial charge is 0.367 e. The molecule has 5 rings (SSSR count). The van der Waals surface area contributed by atoms with E-state index >= 15 is 0 Å². The van der Waals surface area contributed by atoms with Crippen LogP contribution < -0.4 is 4.99 Å². The molecule has 3 saturated carbocycles. The molecule has 0 aromatic rings. The van der Waals surface area contributed by atoms with Gasteiger partial charge in [0.25, 0.3) is 0 Å². The fourth-order valence-electron chi connectivity index (χ4n) is 5.45. The highest BCUT2D eigenvalue weighted by atomic mass is 16.3. The number of carbonyl (C=O) groups excluding carboxylic acids is 1. The van der Waals surface area contributed by atoms with Crippen LogP contribution in [0, 0.1) is 35.5 Å². The van der Waals surface area contributed by atoms with E-state index in [1.807, 2.05) is 18.2 Å². The van der Waals surface area contributed by atoms with Gasteiger partial charge in [0.1, 0.15) is 0 Å². The van der Waals surface area contributed by atoms with Gasteiger partial charge in [-0.1, -0.05) is 18.2 Å². The number of allylic oxidation sites excluding steroid dienone is 5. The van der Waals surface area contributed by atoms with Crippen LogP contribution in [0.25, 0.3) is 0 Å². The van der Waals surface area contributed by atoms with Gasteiger partial charge < -0.3 is 5.11 Å². The lowest BCUT2D eigenvalue weighted by atomic mass is 9.62. The fraction of sp³-hybridized carbons (Fsp3) is 0.636. The number of nitrogens with one attached hydrogen (secondary N) is 1. The van der Waals surface area contributed by atoms with Gasteiger partial charge in [0.2, 0.25) is 11.5 Å². The van der Waals surface area contributed by atoms with Crippen LogP contribution in [0.4, 0.5) is 0 Å². The van der Waals surface area contributed by atoms with E-state index in [4.69, 9.17) is 0 Å². The zero-order valence-electron chi connectivity index (χ0n) is 14.8. The van der Waals surface area contributed by atoms with Crippen molar-refractivity contribution >= 4 is 11.5 Å². The number of carbonyl (C=O) groups is 1. The molecule has 5 aliphatic rings. The Morgan fingerprint density at radius 2 is 1.88 bits per heavy atom. The Kier molecular flexibility index (Phi) is 3.72. The van der Waals surface area contributed by atoms with E-state index in [0.29, 0.717) is 24.5 Å². The molecule has 3 nitrogen and oxygen atoms in total. The van der Waals surface area contributed by atoms with Crippen LogP contribution in [0.3, 0.4) is 0 Å². The lowest BCUT2D eigenvalue weighted by Crippen LogP contribution is -2.75. The van der Waals surface area contributed by atoms with Crippen molar-refractivity contribution in [2.24, 2.45) is 35.5 Å². The van der Waals surface area contributed by atoms with E-state index in [1.54, 1.807) is 0 Å². The van der Waals surface area contributed by atoms with E-state index in [9.17, 15) is 9.90 Å². The van der Waals surface area contributed by atoms with E-state index in [1.165, 1.54) is 38.5 Å². The summed E-state index contributed by atoms with van der Waals surface area (Å²) in [4.78, 5) is 15.9. The molecule has 0 spiro atoms. The summed E-state index contributed by atoms with van der Waals surface area (Å²) in [6, 6.07) is 0. The first kappa shape index (κ1) is 15.6. The van der Waals surface area contributed by atoms with Crippen LogP contribution in [-0.2, 0) is 4.79 Å². The van der Waals surface area contributed by atoms with Crippen molar-refractivity contribution in [3.8, 4) is 0 Å². The molecule has 1 aliphatic heterocycles. The maximum Gasteiger partial charge on any atom is 0.367 e. The number of aliphatic hydroxyl groups excluding tert-OH is 1. The van der Waals surface area contributed by atoms with Crippen molar-refractivity contribution in [2.75, 3.05) is 0 Å². The molecule has 3 heteroatoms. The Morgan fingerprint density at radius 3 is 2.52 bits per heavy atom. The third-order valence-electron chi connectivity index (χ3n) is 7.18. The summed E-state index contributed by atoms with van der Waals surface area (Å²) < 4.78 is 0. The average molecular weight is 338 g/mol. The minimum absolute atomic E-state index is 0.146. The zero-order chi connectivity index (χ0) is 17.0. The molecular formula is C22H28NO2+. The Morgan fingerprint density at radius 1 is 1.12 bits per heavy atom. The third kappa shape index (κ3) is 2.92. The second-order valence-corrected chi connectivity index (χ2v) is 8.84. The third-order valence-corrected chi connectivity index (χ3v) is 7.18. The van der Waals surface area contributed by atoms with E-state index < -0.39 is 0 Å². The zero-order valence-corrected chi connectivity index (χ0v) is 14.8. The molecule has 3 unspecified atom stereocenters. The Hall–Kier alpha value is -1.64. The van der Waals surface area contributed by atoms with Gasteiger partial charge in [0.15, 0.2) is 0 Å². The molecule has 0 bridgehead atoms. The van der Waals surface area contributed by atoms with Gasteiger partial charge in [-0.05, 0) is 74.2 Å². The van der Waals surface area contributed by atoms with Gasteiger partial charge in [-0.15, -0.1) is 0 Å². The summed E-state index contributed by atoms with van der Waals surface area (Å²) in [5.41, 5.74) is 1.62. The van der Waals surface area contributed by atoms with Gasteiger partial charge in [-0.3, -0.25) is 4.79 Å². The molecule has 0 aromatic carbocycles. The maximum atomic E-state index is 12.9. The summed E-state index contributed by atoms with van der Waals surface area (Å²) in [5.74, 6) is 4.80. The lowest BCUT2D eigenvalue weighted by molar-refractivity contribution is -0.439. The molecule has 0 radical (unpaired) electrons. The molecule has 2 N–H and O–H groups in total. The first-order valence-electron chi connectivity index (χ1n) is 10.1. The summed E-state index contributed by atoms with van der Waals surface area (Å²) in [7, 11) is 0. The topological polar surface area (TPSA) is 51.3 Å². The monoisotopic (exact) mass is 338 g/mol. The van der Waals surface area contributed by atoms with Crippen LogP contribution in [0.2, 0.25) is 0 Å². The van der Waals surface area contributed by atoms with Gasteiger partial charge >= 0.3 is 5.88 Å². The summed E-state index contributed by atoms with van der Waals surface area (Å²) in [6.45, 7) is 0. The number of ketones is 1. The fourth-order valence-corrected chi connectivity index (χ4v) is 5.45. The number of hydrogen-bond donors (Lipinski definition) is 2. The Bertz CT molecular complexity index is 694. The van der Waals surface area contributed by atoms with Crippen molar-refractivity contribution in [1.82, 2.24) is 0 Å². The molecule has 0 aromatic heterocycles. The number of fused-ring (bicyclic) bond motifs is 1. The predicted molar refractivity (Wildman–Crippen MR) is 96.8 cm³/mol. The predicted octanol–water partition coefficient (Wildman–Crippen LogP) is 2.85. The average Bonchev–Trinajstić information content (AvgIpc) is 3.49. The summed E-state index contributed by atoms with van der Waals surface area (Å²) in [6.07, 6.45) is 17.6. The molecule has 1 heterocycles. The normalized spacial score (nSPS) is 34.0. The largest absolute Gasteiger partial charge is 0.460 e. The van der Waals surface area contributed by atoms with E-state index in [-0.39, 0.29) is 17.6 Å². The molecular weight excluding hydrogens is 310 g/mol. The van der Waals surface area contributed by atoms with E-state index in [0.717, 1.165) is 29.2 Å². The van der Waals surface area contributed by atoms with Crippen molar-refractivity contribution < 1.29 is 14.9 Å². The van der Waals surface area contributed by atoms with Gasteiger partial charge in [0.05, 0.1) is 5.57 Å². The Balaban J connectivity index is 1.27. The lowest BCUT2D eigenvalue weighted by Gasteiger charge is -2.42. The maximum absolute atomic E-state index is 12.9. The summed E-state index contributed by atoms with van der Waals surface area (Å²) in [5, 5.41) is 10.2. The summed E-state index contributed by atoms with van der Waals surface area (Å²) >= 11 is 0. The minimum atomic E-state index is 0.146. The van der Waals surface area contributed by atoms with Crippen molar-refractivity contribution in [3.63, 3.8) is 0 Å². The Labute approximate surface area is 149 Å². The second kappa shape index (κ2) is 5.96. The van der Waals surface area contributed by atoms with Crippen LogP contribution in [0.1, 0.15) is 51.4 Å². The molecule has 0 amide bonds. The molecule has 25 heavy (non-hydrogen) atoms. The second-order valence-electron chi connectivity index (χ2n) is 8.84. The minimum Gasteiger partial charge on any atom is -0.460 e. The van der Waals surface area contributed by atoms with E-state index in [2.05, 4.69) is 11.1 Å². The van der Waals surface area contributed by atoms with Gasteiger partial charge in [-0.25, -0.2) is 0 Å². The molecule has 4 aliphatic carbocycles.